The molecular weight excluding hydrogens is 326 g/mol. The number of hydrogen-bond donors (Lipinski definition) is 1. The lowest BCUT2D eigenvalue weighted by molar-refractivity contribution is 0.594. The van der Waals surface area contributed by atoms with Gasteiger partial charge < -0.3 is 5.73 Å². The molecule has 19 heavy (non-hydrogen) atoms. The monoisotopic (exact) mass is 339 g/mol. The van der Waals surface area contributed by atoms with E-state index in [-0.39, 0.29) is 5.75 Å². The summed E-state index contributed by atoms with van der Waals surface area (Å²) < 4.78 is 25.6. The molecule has 0 heterocycles. The Balaban J connectivity index is 2.46. The third-order valence-electron chi connectivity index (χ3n) is 2.92. The largest absolute Gasteiger partial charge is 0.398 e. The molecule has 0 radical (unpaired) electrons. The smallest absolute Gasteiger partial charge is 0.182 e. The van der Waals surface area contributed by atoms with Gasteiger partial charge in [-0.15, -0.1) is 0 Å². The second-order valence-corrected chi connectivity index (χ2v) is 7.14. The van der Waals surface area contributed by atoms with Crippen molar-refractivity contribution >= 4 is 31.5 Å². The molecule has 0 aliphatic heterocycles. The van der Waals surface area contributed by atoms with Crippen LogP contribution < -0.4 is 5.73 Å². The predicted molar refractivity (Wildman–Crippen MR) is 80.6 cm³/mol. The minimum atomic E-state index is -3.40. The van der Waals surface area contributed by atoms with Crippen LogP contribution in [0, 0.1) is 6.92 Å². The van der Waals surface area contributed by atoms with Crippen LogP contribution in [-0.2, 0) is 15.6 Å². The average molecular weight is 340 g/mol. The molecule has 100 valence electrons. The predicted octanol–water partition coefficient (Wildman–Crippen LogP) is 3.31. The van der Waals surface area contributed by atoms with Crippen molar-refractivity contribution in [2.24, 2.45) is 0 Å². The van der Waals surface area contributed by atoms with Gasteiger partial charge in [-0.1, -0.05) is 40.2 Å². The molecule has 0 spiro atoms. The Morgan fingerprint density at radius 2 is 1.79 bits per heavy atom. The molecule has 0 aliphatic rings. The summed E-state index contributed by atoms with van der Waals surface area (Å²) in [7, 11) is -3.40. The molecule has 0 atom stereocenters. The van der Waals surface area contributed by atoms with E-state index in [2.05, 4.69) is 15.9 Å². The quantitative estimate of drug-likeness (QED) is 0.872. The molecule has 5 heteroatoms. The summed E-state index contributed by atoms with van der Waals surface area (Å²) in [6.45, 7) is 1.79. The van der Waals surface area contributed by atoms with Crippen LogP contribution in [0.2, 0.25) is 0 Å². The van der Waals surface area contributed by atoms with Crippen LogP contribution in [-0.4, -0.2) is 8.42 Å². The Labute approximate surface area is 121 Å². The Morgan fingerprint density at radius 1 is 1.11 bits per heavy atom. The van der Waals surface area contributed by atoms with Gasteiger partial charge in [0.15, 0.2) is 9.84 Å². The molecule has 2 rings (SSSR count). The number of anilines is 1. The second-order valence-electron chi connectivity index (χ2n) is 4.33. The van der Waals surface area contributed by atoms with Crippen LogP contribution in [0.3, 0.4) is 0 Å². The summed E-state index contributed by atoms with van der Waals surface area (Å²) in [5.74, 6) is -0.106. The summed E-state index contributed by atoms with van der Waals surface area (Å²) in [6, 6.07) is 12.2. The van der Waals surface area contributed by atoms with Gasteiger partial charge in [-0.3, -0.25) is 0 Å². The van der Waals surface area contributed by atoms with Crippen molar-refractivity contribution in [3.63, 3.8) is 0 Å². The highest BCUT2D eigenvalue weighted by Crippen LogP contribution is 2.28. The van der Waals surface area contributed by atoms with Crippen LogP contribution in [0.15, 0.2) is 51.8 Å². The lowest BCUT2D eigenvalue weighted by atomic mass is 10.2. The van der Waals surface area contributed by atoms with Crippen LogP contribution in [0.5, 0.6) is 0 Å². The van der Waals surface area contributed by atoms with Crippen molar-refractivity contribution in [1.29, 1.82) is 0 Å². The average Bonchev–Trinajstić information content (AvgIpc) is 2.34. The van der Waals surface area contributed by atoms with Gasteiger partial charge in [-0.25, -0.2) is 8.42 Å². The highest BCUT2D eigenvalue weighted by Gasteiger charge is 2.20. The van der Waals surface area contributed by atoms with Crippen LogP contribution in [0.25, 0.3) is 0 Å². The summed E-state index contributed by atoms with van der Waals surface area (Å²) >= 11 is 3.35. The molecule has 2 N–H and O–H groups in total. The highest BCUT2D eigenvalue weighted by atomic mass is 79.9. The van der Waals surface area contributed by atoms with E-state index in [1.54, 1.807) is 43.3 Å². The Hall–Kier alpha value is -1.33. The van der Waals surface area contributed by atoms with E-state index in [4.69, 9.17) is 5.73 Å². The first kappa shape index (κ1) is 14.1. The van der Waals surface area contributed by atoms with Crippen molar-refractivity contribution in [2.45, 2.75) is 17.6 Å². The minimum absolute atomic E-state index is 0.106. The van der Waals surface area contributed by atoms with Crippen molar-refractivity contribution in [1.82, 2.24) is 0 Å². The van der Waals surface area contributed by atoms with E-state index in [1.165, 1.54) is 0 Å². The first-order valence-electron chi connectivity index (χ1n) is 5.73. The number of aryl methyl sites for hydroxylation is 1. The zero-order chi connectivity index (χ0) is 14.0. The maximum atomic E-state index is 12.5. The van der Waals surface area contributed by atoms with Gasteiger partial charge in [-0.2, -0.15) is 0 Å². The SMILES string of the molecule is Cc1ccccc1S(=O)(=O)Cc1c(N)cccc1Br. The number of hydrogen-bond acceptors (Lipinski definition) is 3. The number of rotatable bonds is 3. The second kappa shape index (κ2) is 5.35. The Kier molecular flexibility index (Phi) is 3.96. The maximum absolute atomic E-state index is 12.5. The molecule has 0 aliphatic carbocycles. The van der Waals surface area contributed by atoms with Gasteiger partial charge in [0, 0.05) is 15.7 Å². The summed E-state index contributed by atoms with van der Waals surface area (Å²) in [5, 5.41) is 0. The number of sulfone groups is 1. The fourth-order valence-electron chi connectivity index (χ4n) is 1.90. The van der Waals surface area contributed by atoms with E-state index in [0.717, 1.165) is 5.56 Å². The number of halogens is 1. The first-order chi connectivity index (χ1) is 8.92. The molecule has 0 fully saturated rings. The molecule has 2 aromatic carbocycles. The minimum Gasteiger partial charge on any atom is -0.398 e. The van der Waals surface area contributed by atoms with Crippen LogP contribution in [0.4, 0.5) is 5.69 Å². The fourth-order valence-corrected chi connectivity index (χ4v) is 4.31. The zero-order valence-corrected chi connectivity index (χ0v) is 12.8. The van der Waals surface area contributed by atoms with E-state index in [0.29, 0.717) is 20.6 Å². The lowest BCUT2D eigenvalue weighted by Crippen LogP contribution is -2.09. The number of benzene rings is 2. The van der Waals surface area contributed by atoms with E-state index in [9.17, 15) is 8.42 Å². The standard InChI is InChI=1S/C14H14BrNO2S/c1-10-5-2-3-8-14(10)19(17,18)9-11-12(15)6-4-7-13(11)16/h2-8H,9,16H2,1H3. The number of nitrogen functional groups attached to an aromatic ring is 1. The van der Waals surface area contributed by atoms with E-state index < -0.39 is 9.84 Å². The summed E-state index contributed by atoms with van der Waals surface area (Å²) in [4.78, 5) is 0.352. The van der Waals surface area contributed by atoms with Crippen molar-refractivity contribution in [2.75, 3.05) is 5.73 Å². The molecular formula is C14H14BrNO2S. The van der Waals surface area contributed by atoms with Gasteiger partial charge in [-0.05, 0) is 30.7 Å². The summed E-state index contributed by atoms with van der Waals surface area (Å²) in [5.41, 5.74) is 7.67. The van der Waals surface area contributed by atoms with Gasteiger partial charge in [0.25, 0.3) is 0 Å². The third kappa shape index (κ3) is 2.98. The fraction of sp³-hybridized carbons (Fsp3) is 0.143. The summed E-state index contributed by atoms with van der Waals surface area (Å²) in [6.07, 6.45) is 0. The van der Waals surface area contributed by atoms with Crippen molar-refractivity contribution < 1.29 is 8.42 Å². The van der Waals surface area contributed by atoms with Crippen molar-refractivity contribution in [3.8, 4) is 0 Å². The molecule has 0 unspecified atom stereocenters. The Bertz CT molecular complexity index is 691. The zero-order valence-electron chi connectivity index (χ0n) is 10.4. The lowest BCUT2D eigenvalue weighted by Gasteiger charge is -2.11. The first-order valence-corrected chi connectivity index (χ1v) is 8.17. The maximum Gasteiger partial charge on any atom is 0.182 e. The molecule has 0 amide bonds. The number of nitrogens with two attached hydrogens (primary N) is 1. The molecule has 3 nitrogen and oxygen atoms in total. The van der Waals surface area contributed by atoms with Gasteiger partial charge in [0.1, 0.15) is 0 Å². The van der Waals surface area contributed by atoms with Crippen LogP contribution in [0.1, 0.15) is 11.1 Å². The molecule has 0 bridgehead atoms. The topological polar surface area (TPSA) is 60.2 Å². The Morgan fingerprint density at radius 3 is 2.42 bits per heavy atom. The van der Waals surface area contributed by atoms with E-state index >= 15 is 0 Å². The van der Waals surface area contributed by atoms with Crippen molar-refractivity contribution in [3.05, 3.63) is 58.1 Å². The van der Waals surface area contributed by atoms with Gasteiger partial charge >= 0.3 is 0 Å². The van der Waals surface area contributed by atoms with Crippen LogP contribution >= 0.6 is 15.9 Å². The molecule has 0 aromatic heterocycles. The molecule has 0 saturated carbocycles. The van der Waals surface area contributed by atoms with Gasteiger partial charge in [0.05, 0.1) is 10.6 Å². The highest BCUT2D eigenvalue weighted by molar-refractivity contribution is 9.10. The molecule has 0 saturated heterocycles. The van der Waals surface area contributed by atoms with E-state index in [1.807, 2.05) is 6.07 Å². The normalized spacial score (nSPS) is 11.5. The van der Waals surface area contributed by atoms with Gasteiger partial charge in [0.2, 0.25) is 0 Å². The third-order valence-corrected chi connectivity index (χ3v) is 5.46. The molecule has 2 aromatic rings.